The van der Waals surface area contributed by atoms with E-state index in [9.17, 15) is 9.59 Å². The topological polar surface area (TPSA) is 49.4 Å². The quantitative estimate of drug-likeness (QED) is 0.864. The van der Waals surface area contributed by atoms with Crippen molar-refractivity contribution in [1.82, 2.24) is 10.2 Å². The molecule has 1 N–H and O–H groups in total. The van der Waals surface area contributed by atoms with Gasteiger partial charge in [-0.2, -0.15) is 0 Å². The third kappa shape index (κ3) is 2.72. The Hall–Kier alpha value is -1.68. The third-order valence-electron chi connectivity index (χ3n) is 4.71. The van der Waals surface area contributed by atoms with E-state index in [0.29, 0.717) is 0 Å². The summed E-state index contributed by atoms with van der Waals surface area (Å²) in [7, 11) is 1.55. The van der Waals surface area contributed by atoms with Crippen molar-refractivity contribution >= 4 is 11.8 Å². The maximum absolute atomic E-state index is 12.0. The Kier molecular flexibility index (Phi) is 3.81. The van der Waals surface area contributed by atoms with E-state index in [1.54, 1.807) is 7.05 Å². The van der Waals surface area contributed by atoms with Crippen LogP contribution in [0.5, 0.6) is 0 Å². The molecule has 4 nitrogen and oxygen atoms in total. The lowest BCUT2D eigenvalue weighted by molar-refractivity contribution is -0.137. The van der Waals surface area contributed by atoms with Gasteiger partial charge in [-0.15, -0.1) is 0 Å². The molecule has 1 heterocycles. The van der Waals surface area contributed by atoms with Crippen LogP contribution in [0, 0.1) is 0 Å². The zero-order valence-corrected chi connectivity index (χ0v) is 12.7. The molecule has 1 aromatic carbocycles. The molecular weight excluding hydrogens is 264 g/mol. The number of imide groups is 1. The normalized spacial score (nSPS) is 23.3. The number of hydrogen-bond donors (Lipinski definition) is 1. The van der Waals surface area contributed by atoms with E-state index in [4.69, 9.17) is 0 Å². The summed E-state index contributed by atoms with van der Waals surface area (Å²) in [5.41, 5.74) is 4.10. The van der Waals surface area contributed by atoms with Crippen LogP contribution in [0.4, 0.5) is 0 Å². The Bertz CT molecular complexity index is 582. The highest BCUT2D eigenvalue weighted by molar-refractivity contribution is 6.05. The first kappa shape index (κ1) is 14.3. The van der Waals surface area contributed by atoms with Crippen molar-refractivity contribution < 1.29 is 9.59 Å². The van der Waals surface area contributed by atoms with Gasteiger partial charge in [0.05, 0.1) is 12.5 Å². The summed E-state index contributed by atoms with van der Waals surface area (Å²) < 4.78 is 0. The number of nitrogens with zero attached hydrogens (tertiary/aromatic N) is 1. The Morgan fingerprint density at radius 3 is 2.57 bits per heavy atom. The van der Waals surface area contributed by atoms with E-state index >= 15 is 0 Å². The first-order valence-corrected chi connectivity index (χ1v) is 7.74. The number of benzene rings is 1. The number of rotatable bonds is 3. The number of likely N-dealkylation sites (tertiary alicyclic amines) is 1. The number of amides is 2. The molecular formula is C17H22N2O2. The average Bonchev–Trinajstić information content (AvgIpc) is 2.74. The minimum atomic E-state index is -0.381. The predicted octanol–water partition coefficient (Wildman–Crippen LogP) is 1.97. The van der Waals surface area contributed by atoms with Crippen molar-refractivity contribution in [3.05, 3.63) is 34.9 Å². The highest BCUT2D eigenvalue weighted by Crippen LogP contribution is 2.25. The summed E-state index contributed by atoms with van der Waals surface area (Å²) in [6, 6.07) is 6.32. The van der Waals surface area contributed by atoms with Gasteiger partial charge in [0.25, 0.3) is 0 Å². The van der Waals surface area contributed by atoms with Crippen molar-refractivity contribution in [2.45, 2.75) is 51.1 Å². The zero-order chi connectivity index (χ0) is 15.0. The molecule has 0 saturated carbocycles. The molecule has 2 amide bonds. The SMILES string of the molecule is CC(NC1CC(=O)N(C)C1=O)c1ccc2c(c1)CCCC2. The minimum Gasteiger partial charge on any atom is -0.299 e. The number of carbonyl (C=O) groups is 2. The van der Waals surface area contributed by atoms with Crippen molar-refractivity contribution in [2.24, 2.45) is 0 Å². The minimum absolute atomic E-state index is 0.0745. The highest BCUT2D eigenvalue weighted by atomic mass is 16.2. The lowest BCUT2D eigenvalue weighted by Gasteiger charge is -2.21. The molecule has 1 aliphatic carbocycles. The van der Waals surface area contributed by atoms with Gasteiger partial charge in [0.15, 0.2) is 0 Å². The molecule has 112 valence electrons. The lowest BCUT2D eigenvalue weighted by atomic mass is 9.89. The lowest BCUT2D eigenvalue weighted by Crippen LogP contribution is -2.38. The van der Waals surface area contributed by atoms with E-state index in [1.165, 1.54) is 40.9 Å². The van der Waals surface area contributed by atoms with Crippen molar-refractivity contribution in [3.8, 4) is 0 Å². The second kappa shape index (κ2) is 5.60. The molecule has 0 aromatic heterocycles. The molecule has 0 spiro atoms. The van der Waals surface area contributed by atoms with Gasteiger partial charge in [0.2, 0.25) is 11.8 Å². The fraction of sp³-hybridized carbons (Fsp3) is 0.529. The second-order valence-corrected chi connectivity index (χ2v) is 6.17. The van der Waals surface area contributed by atoms with E-state index < -0.39 is 0 Å². The molecule has 1 fully saturated rings. The standard InChI is InChI=1S/C17H22N2O2/c1-11(18-15-10-16(20)19(2)17(15)21)13-8-7-12-5-3-4-6-14(12)9-13/h7-9,11,15,18H,3-6,10H2,1-2H3. The van der Waals surface area contributed by atoms with Gasteiger partial charge in [0, 0.05) is 13.1 Å². The number of nitrogens with one attached hydrogen (secondary N) is 1. The Balaban J connectivity index is 1.72. The van der Waals surface area contributed by atoms with Crippen LogP contribution in [0.2, 0.25) is 0 Å². The Morgan fingerprint density at radius 2 is 1.90 bits per heavy atom. The summed E-state index contributed by atoms with van der Waals surface area (Å²) in [6.45, 7) is 2.06. The molecule has 4 heteroatoms. The monoisotopic (exact) mass is 286 g/mol. The second-order valence-electron chi connectivity index (χ2n) is 6.17. The summed E-state index contributed by atoms with van der Waals surface area (Å²) in [5, 5.41) is 3.30. The average molecular weight is 286 g/mol. The number of aryl methyl sites for hydroxylation is 2. The van der Waals surface area contributed by atoms with Gasteiger partial charge in [-0.25, -0.2) is 0 Å². The van der Waals surface area contributed by atoms with Gasteiger partial charge in [-0.1, -0.05) is 18.2 Å². The van der Waals surface area contributed by atoms with Crippen LogP contribution in [0.15, 0.2) is 18.2 Å². The molecule has 2 atom stereocenters. The molecule has 2 aliphatic rings. The summed E-state index contributed by atoms with van der Waals surface area (Å²) in [5.74, 6) is -0.222. The van der Waals surface area contributed by atoms with Crippen LogP contribution >= 0.6 is 0 Å². The summed E-state index contributed by atoms with van der Waals surface area (Å²) >= 11 is 0. The van der Waals surface area contributed by atoms with Gasteiger partial charge in [-0.05, 0) is 49.3 Å². The zero-order valence-electron chi connectivity index (χ0n) is 12.7. The molecule has 1 saturated heterocycles. The molecule has 2 unspecified atom stereocenters. The predicted molar refractivity (Wildman–Crippen MR) is 80.8 cm³/mol. The number of likely N-dealkylation sites (N-methyl/N-ethyl adjacent to an activating group) is 1. The van der Waals surface area contributed by atoms with Crippen molar-refractivity contribution in [1.29, 1.82) is 0 Å². The van der Waals surface area contributed by atoms with Crippen molar-refractivity contribution in [2.75, 3.05) is 7.05 Å². The molecule has 0 radical (unpaired) electrons. The van der Waals surface area contributed by atoms with Gasteiger partial charge in [-0.3, -0.25) is 19.8 Å². The maximum atomic E-state index is 12.0. The largest absolute Gasteiger partial charge is 0.299 e. The maximum Gasteiger partial charge on any atom is 0.246 e. The van der Waals surface area contributed by atoms with Crippen LogP contribution in [0.3, 0.4) is 0 Å². The third-order valence-corrected chi connectivity index (χ3v) is 4.71. The van der Waals surface area contributed by atoms with E-state index in [0.717, 1.165) is 6.42 Å². The van der Waals surface area contributed by atoms with Crippen LogP contribution in [0.1, 0.15) is 48.9 Å². The van der Waals surface area contributed by atoms with E-state index in [2.05, 4.69) is 30.4 Å². The van der Waals surface area contributed by atoms with Crippen LogP contribution in [0.25, 0.3) is 0 Å². The smallest absolute Gasteiger partial charge is 0.246 e. The van der Waals surface area contributed by atoms with Gasteiger partial charge < -0.3 is 0 Å². The van der Waals surface area contributed by atoms with Crippen LogP contribution < -0.4 is 5.32 Å². The number of fused-ring (bicyclic) bond motifs is 1. The van der Waals surface area contributed by atoms with Crippen molar-refractivity contribution in [3.63, 3.8) is 0 Å². The summed E-state index contributed by atoms with van der Waals surface area (Å²) in [6.07, 6.45) is 5.14. The molecule has 1 aromatic rings. The van der Waals surface area contributed by atoms with Gasteiger partial charge >= 0.3 is 0 Å². The number of hydrogen-bond acceptors (Lipinski definition) is 3. The fourth-order valence-electron chi connectivity index (χ4n) is 3.31. The van der Waals surface area contributed by atoms with Crippen LogP contribution in [-0.4, -0.2) is 29.8 Å². The van der Waals surface area contributed by atoms with E-state index in [1.807, 2.05) is 0 Å². The first-order valence-electron chi connectivity index (χ1n) is 7.74. The van der Waals surface area contributed by atoms with Gasteiger partial charge in [0.1, 0.15) is 0 Å². The number of carbonyl (C=O) groups excluding carboxylic acids is 2. The fourth-order valence-corrected chi connectivity index (χ4v) is 3.31. The van der Waals surface area contributed by atoms with E-state index in [-0.39, 0.29) is 30.3 Å². The first-order chi connectivity index (χ1) is 10.1. The molecule has 0 bridgehead atoms. The highest BCUT2D eigenvalue weighted by Gasteiger charge is 2.36. The van der Waals surface area contributed by atoms with Crippen LogP contribution in [-0.2, 0) is 22.4 Å². The molecule has 21 heavy (non-hydrogen) atoms. The summed E-state index contributed by atoms with van der Waals surface area (Å²) in [4.78, 5) is 24.7. The Morgan fingerprint density at radius 1 is 1.19 bits per heavy atom. The molecule has 3 rings (SSSR count). The molecule has 1 aliphatic heterocycles. The Labute approximate surface area is 125 Å².